The first-order chi connectivity index (χ1) is 13.9. The second-order valence-electron chi connectivity index (χ2n) is 5.66. The molecular formula is C19H13Cl2N3O4S. The number of benzene rings is 2. The SMILES string of the molecule is O=C(CSc1ccc(Cl)cc1)N/N=C/c1ccc(-c2ccc(Cl)c([N+](=O)[O-])c2)o1. The Kier molecular flexibility index (Phi) is 6.92. The molecule has 2 aromatic carbocycles. The molecule has 1 heterocycles. The van der Waals surface area contributed by atoms with Gasteiger partial charge in [-0.25, -0.2) is 5.43 Å². The van der Waals surface area contributed by atoms with Crippen molar-refractivity contribution in [3.8, 4) is 11.3 Å². The Morgan fingerprint density at radius 3 is 2.66 bits per heavy atom. The van der Waals surface area contributed by atoms with Gasteiger partial charge < -0.3 is 4.42 Å². The van der Waals surface area contributed by atoms with Gasteiger partial charge in [-0.1, -0.05) is 23.2 Å². The topological polar surface area (TPSA) is 97.7 Å². The van der Waals surface area contributed by atoms with Gasteiger partial charge in [0.2, 0.25) is 5.91 Å². The Balaban J connectivity index is 1.56. The summed E-state index contributed by atoms with van der Waals surface area (Å²) in [6.07, 6.45) is 1.35. The number of hydrogen-bond acceptors (Lipinski definition) is 6. The molecule has 1 N–H and O–H groups in total. The minimum atomic E-state index is -0.561. The lowest BCUT2D eigenvalue weighted by atomic mass is 10.1. The van der Waals surface area contributed by atoms with E-state index in [4.69, 9.17) is 27.6 Å². The summed E-state index contributed by atoms with van der Waals surface area (Å²) in [6.45, 7) is 0. The summed E-state index contributed by atoms with van der Waals surface area (Å²) in [7, 11) is 0. The van der Waals surface area contributed by atoms with Crippen LogP contribution in [0.2, 0.25) is 10.0 Å². The molecular weight excluding hydrogens is 437 g/mol. The van der Waals surface area contributed by atoms with E-state index < -0.39 is 4.92 Å². The van der Waals surface area contributed by atoms with Crippen molar-refractivity contribution < 1.29 is 14.1 Å². The molecule has 0 aliphatic heterocycles. The van der Waals surface area contributed by atoms with Gasteiger partial charge in [0.05, 0.1) is 16.9 Å². The first-order valence-electron chi connectivity index (χ1n) is 8.17. The molecule has 0 saturated carbocycles. The second kappa shape index (κ2) is 9.60. The third kappa shape index (κ3) is 5.83. The summed E-state index contributed by atoms with van der Waals surface area (Å²) in [6, 6.07) is 14.8. The molecule has 0 bridgehead atoms. The van der Waals surface area contributed by atoms with E-state index in [9.17, 15) is 14.9 Å². The fourth-order valence-corrected chi connectivity index (χ4v) is 3.27. The first-order valence-corrected chi connectivity index (χ1v) is 9.91. The Hall–Kier alpha value is -2.81. The van der Waals surface area contributed by atoms with Crippen molar-refractivity contribution in [3.63, 3.8) is 0 Å². The number of thioether (sulfide) groups is 1. The lowest BCUT2D eigenvalue weighted by Gasteiger charge is -2.01. The van der Waals surface area contributed by atoms with Crippen LogP contribution in [0.1, 0.15) is 5.76 Å². The van der Waals surface area contributed by atoms with Crippen LogP contribution in [0.25, 0.3) is 11.3 Å². The molecule has 0 fully saturated rings. The van der Waals surface area contributed by atoms with Gasteiger partial charge >= 0.3 is 0 Å². The number of carbonyl (C=O) groups excluding carboxylic acids is 1. The number of hydrazone groups is 1. The van der Waals surface area contributed by atoms with Crippen LogP contribution in [-0.4, -0.2) is 22.8 Å². The zero-order valence-corrected chi connectivity index (χ0v) is 17.0. The van der Waals surface area contributed by atoms with Crippen molar-refractivity contribution in [2.24, 2.45) is 5.10 Å². The van der Waals surface area contributed by atoms with Crippen LogP contribution >= 0.6 is 35.0 Å². The van der Waals surface area contributed by atoms with Crippen LogP contribution in [0, 0.1) is 10.1 Å². The molecule has 7 nitrogen and oxygen atoms in total. The molecule has 29 heavy (non-hydrogen) atoms. The van der Waals surface area contributed by atoms with Gasteiger partial charge in [-0.2, -0.15) is 5.10 Å². The summed E-state index contributed by atoms with van der Waals surface area (Å²) < 4.78 is 5.58. The van der Waals surface area contributed by atoms with Crippen LogP contribution in [0.5, 0.6) is 0 Å². The number of hydrogen-bond donors (Lipinski definition) is 1. The lowest BCUT2D eigenvalue weighted by Crippen LogP contribution is -2.19. The maximum atomic E-state index is 11.9. The van der Waals surface area contributed by atoms with Crippen LogP contribution in [0.3, 0.4) is 0 Å². The smallest absolute Gasteiger partial charge is 0.288 e. The van der Waals surface area contributed by atoms with Gasteiger partial charge in [-0.15, -0.1) is 11.8 Å². The number of halogens is 2. The highest BCUT2D eigenvalue weighted by atomic mass is 35.5. The second-order valence-corrected chi connectivity index (χ2v) is 7.55. The zero-order chi connectivity index (χ0) is 20.8. The number of amides is 1. The summed E-state index contributed by atoms with van der Waals surface area (Å²) in [5.41, 5.74) is 2.71. The van der Waals surface area contributed by atoms with Crippen LogP contribution in [0.15, 0.2) is 69.0 Å². The van der Waals surface area contributed by atoms with E-state index in [1.165, 1.54) is 30.1 Å². The maximum absolute atomic E-state index is 11.9. The Labute approximate surface area is 179 Å². The highest BCUT2D eigenvalue weighted by Crippen LogP contribution is 2.31. The van der Waals surface area contributed by atoms with E-state index in [1.54, 1.807) is 30.3 Å². The molecule has 3 rings (SSSR count). The largest absolute Gasteiger partial charge is 0.455 e. The molecule has 1 amide bonds. The van der Waals surface area contributed by atoms with Gasteiger partial charge in [-0.3, -0.25) is 14.9 Å². The molecule has 0 aliphatic rings. The molecule has 1 aromatic heterocycles. The zero-order valence-electron chi connectivity index (χ0n) is 14.7. The Morgan fingerprint density at radius 2 is 1.93 bits per heavy atom. The monoisotopic (exact) mass is 449 g/mol. The molecule has 0 aliphatic carbocycles. The predicted molar refractivity (Wildman–Crippen MR) is 114 cm³/mol. The summed E-state index contributed by atoms with van der Waals surface area (Å²) in [5, 5.41) is 15.5. The summed E-state index contributed by atoms with van der Waals surface area (Å²) >= 11 is 13.0. The standard InChI is InChI=1S/C19H13Cl2N3O4S/c20-13-2-5-15(6-3-13)29-11-19(25)23-22-10-14-4-8-18(28-14)12-1-7-16(21)17(9-12)24(26)27/h1-10H,11H2,(H,23,25)/b22-10+. The van der Waals surface area contributed by atoms with Gasteiger partial charge in [0.1, 0.15) is 16.5 Å². The number of carbonyl (C=O) groups is 1. The molecule has 0 radical (unpaired) electrons. The normalized spacial score (nSPS) is 11.0. The highest BCUT2D eigenvalue weighted by Gasteiger charge is 2.15. The van der Waals surface area contributed by atoms with Gasteiger partial charge in [0, 0.05) is 21.5 Å². The number of furan rings is 1. The van der Waals surface area contributed by atoms with E-state index in [0.717, 1.165) is 4.90 Å². The van der Waals surface area contributed by atoms with Crippen LogP contribution in [-0.2, 0) is 4.79 Å². The van der Waals surface area contributed by atoms with Crippen molar-refractivity contribution in [1.29, 1.82) is 0 Å². The van der Waals surface area contributed by atoms with Crippen molar-refractivity contribution in [2.75, 3.05) is 5.75 Å². The van der Waals surface area contributed by atoms with Crippen molar-refractivity contribution >= 4 is 52.8 Å². The number of nitro groups is 1. The van der Waals surface area contributed by atoms with E-state index in [0.29, 0.717) is 22.1 Å². The van der Waals surface area contributed by atoms with E-state index >= 15 is 0 Å². The fraction of sp³-hybridized carbons (Fsp3) is 0.0526. The average Bonchev–Trinajstić information content (AvgIpc) is 3.16. The number of nitro benzene ring substituents is 1. The first kappa shape index (κ1) is 20.9. The molecule has 0 unspecified atom stereocenters. The van der Waals surface area contributed by atoms with Gasteiger partial charge in [0.25, 0.3) is 5.69 Å². The summed E-state index contributed by atoms with van der Waals surface area (Å²) in [5.74, 6) is 0.706. The molecule has 0 spiro atoms. The van der Waals surface area contributed by atoms with Crippen molar-refractivity contribution in [1.82, 2.24) is 5.43 Å². The average molecular weight is 450 g/mol. The van der Waals surface area contributed by atoms with Gasteiger partial charge in [0.15, 0.2) is 0 Å². The van der Waals surface area contributed by atoms with E-state index in [1.807, 2.05) is 12.1 Å². The number of nitrogens with one attached hydrogen (secondary N) is 1. The van der Waals surface area contributed by atoms with Gasteiger partial charge in [-0.05, 0) is 48.5 Å². The van der Waals surface area contributed by atoms with Crippen LogP contribution in [0.4, 0.5) is 5.69 Å². The lowest BCUT2D eigenvalue weighted by molar-refractivity contribution is -0.384. The molecule has 3 aromatic rings. The van der Waals surface area contributed by atoms with Crippen molar-refractivity contribution in [3.05, 3.63) is 80.5 Å². The highest BCUT2D eigenvalue weighted by molar-refractivity contribution is 8.00. The summed E-state index contributed by atoms with van der Waals surface area (Å²) in [4.78, 5) is 23.2. The third-order valence-electron chi connectivity index (χ3n) is 3.62. The maximum Gasteiger partial charge on any atom is 0.288 e. The quantitative estimate of drug-likeness (QED) is 0.225. The molecule has 0 saturated heterocycles. The fourth-order valence-electron chi connectivity index (χ4n) is 2.26. The van der Waals surface area contributed by atoms with Crippen molar-refractivity contribution in [2.45, 2.75) is 4.90 Å². The van der Waals surface area contributed by atoms with Crippen LogP contribution < -0.4 is 5.43 Å². The number of rotatable bonds is 7. The Morgan fingerprint density at radius 1 is 1.17 bits per heavy atom. The molecule has 148 valence electrons. The third-order valence-corrected chi connectivity index (χ3v) is 5.20. The van der Waals surface area contributed by atoms with E-state index in [2.05, 4.69) is 10.5 Å². The number of nitrogens with zero attached hydrogens (tertiary/aromatic N) is 2. The molecule has 10 heteroatoms. The minimum absolute atomic E-state index is 0.0475. The predicted octanol–water partition coefficient (Wildman–Crippen LogP) is 5.40. The molecule has 0 atom stereocenters. The van der Waals surface area contributed by atoms with E-state index in [-0.39, 0.29) is 22.4 Å². The Bertz CT molecular complexity index is 1070. The minimum Gasteiger partial charge on any atom is -0.455 e.